The van der Waals surface area contributed by atoms with Crippen molar-refractivity contribution in [2.75, 3.05) is 14.7 Å². The minimum absolute atomic E-state index is 0.886. The van der Waals surface area contributed by atoms with Gasteiger partial charge >= 0.3 is 0 Å². The summed E-state index contributed by atoms with van der Waals surface area (Å²) in [4.78, 5) is 7.08. The molecule has 0 radical (unpaired) electrons. The fourth-order valence-electron chi connectivity index (χ4n) is 8.73. The van der Waals surface area contributed by atoms with Gasteiger partial charge in [0.2, 0.25) is 0 Å². The molecule has 11 aromatic rings. The van der Waals surface area contributed by atoms with Gasteiger partial charge in [0.25, 0.3) is 0 Å². The number of rotatable bonds is 9. The van der Waals surface area contributed by atoms with E-state index in [0.29, 0.717) is 0 Å². The topological polar surface area (TPSA) is 22.9 Å². The number of hydrogen-bond acceptors (Lipinski definition) is 4. The Bertz CT molecular complexity index is 3080. The van der Waals surface area contributed by atoms with E-state index in [9.17, 15) is 0 Å². The first-order valence-corrected chi connectivity index (χ1v) is 20.3. The summed E-state index contributed by atoms with van der Waals surface area (Å²) in [7, 11) is 0. The van der Waals surface area contributed by atoms with Crippen LogP contribution in [0.3, 0.4) is 0 Å². The van der Waals surface area contributed by atoms with Crippen LogP contribution in [0.15, 0.2) is 241 Å². The van der Waals surface area contributed by atoms with Crippen molar-refractivity contribution < 1.29 is 4.42 Å². The molecule has 1 aromatic heterocycles. The molecule has 0 aliphatic heterocycles. The first-order valence-electron chi connectivity index (χ1n) is 20.3. The van der Waals surface area contributed by atoms with Crippen molar-refractivity contribution in [2.45, 2.75) is 0 Å². The number of furan rings is 1. The second kappa shape index (κ2) is 15.0. The summed E-state index contributed by atoms with van der Waals surface area (Å²) >= 11 is 0. The highest BCUT2D eigenvalue weighted by molar-refractivity contribution is 6.30. The smallest absolute Gasteiger partial charge is 0.143 e. The molecule has 0 N–H and O–H groups in total. The van der Waals surface area contributed by atoms with Crippen molar-refractivity contribution in [2.24, 2.45) is 0 Å². The van der Waals surface area contributed by atoms with Gasteiger partial charge < -0.3 is 19.1 Å². The minimum atomic E-state index is 0.886. The van der Waals surface area contributed by atoms with E-state index in [1.165, 1.54) is 10.8 Å². The van der Waals surface area contributed by atoms with Gasteiger partial charge in [0, 0.05) is 50.3 Å². The van der Waals surface area contributed by atoms with Crippen LogP contribution in [0, 0.1) is 0 Å². The van der Waals surface area contributed by atoms with Crippen LogP contribution in [0.4, 0.5) is 51.2 Å². The van der Waals surface area contributed by atoms with E-state index >= 15 is 0 Å². The summed E-state index contributed by atoms with van der Waals surface area (Å²) in [6.07, 6.45) is 0. The Morgan fingerprint density at radius 2 is 0.583 bits per heavy atom. The maximum Gasteiger partial charge on any atom is 0.143 e. The Morgan fingerprint density at radius 1 is 0.233 bits per heavy atom. The van der Waals surface area contributed by atoms with Crippen LogP contribution in [0.25, 0.3) is 43.5 Å². The normalized spacial score (nSPS) is 11.3. The van der Waals surface area contributed by atoms with Gasteiger partial charge in [0.1, 0.15) is 11.2 Å². The van der Waals surface area contributed by atoms with Gasteiger partial charge in [-0.05, 0) is 113 Å². The maximum absolute atomic E-state index is 6.67. The molecule has 60 heavy (non-hydrogen) atoms. The standard InChI is InChI=1S/C56H39N3O/c1-6-20-40(21-7-1)57(41-22-8-2-9-23-41)46-36-47(58(42-24-10-3-11-25-42)43-26-12-4-13-27-43)38-48(37-46)59(44-28-14-5-15-29-44)45-34-35-50-49-30-16-17-31-51(49)56-55(53(50)39-45)52-32-18-19-33-54(52)60-56/h1-39H. The van der Waals surface area contributed by atoms with Crippen molar-refractivity contribution in [3.63, 3.8) is 0 Å². The zero-order valence-electron chi connectivity index (χ0n) is 32.8. The molecule has 0 fully saturated rings. The molecule has 284 valence electrons. The summed E-state index contributed by atoms with van der Waals surface area (Å²) in [5.41, 5.74) is 11.2. The monoisotopic (exact) mass is 769 g/mol. The molecular weight excluding hydrogens is 731 g/mol. The van der Waals surface area contributed by atoms with Gasteiger partial charge in [-0.1, -0.05) is 140 Å². The number of nitrogens with zero attached hydrogens (tertiary/aromatic N) is 3. The summed E-state index contributed by atoms with van der Waals surface area (Å²) < 4.78 is 6.67. The number of hydrogen-bond donors (Lipinski definition) is 0. The van der Waals surface area contributed by atoms with E-state index in [1.807, 2.05) is 6.07 Å². The first kappa shape index (κ1) is 35.1. The minimum Gasteiger partial charge on any atom is -0.455 e. The quantitative estimate of drug-likeness (QED) is 0.136. The summed E-state index contributed by atoms with van der Waals surface area (Å²) in [5, 5.41) is 6.86. The molecule has 4 nitrogen and oxygen atoms in total. The van der Waals surface area contributed by atoms with Crippen molar-refractivity contribution in [3.8, 4) is 0 Å². The van der Waals surface area contributed by atoms with Gasteiger partial charge in [-0.25, -0.2) is 0 Å². The highest BCUT2D eigenvalue weighted by atomic mass is 16.3. The zero-order valence-corrected chi connectivity index (χ0v) is 32.8. The molecule has 0 spiro atoms. The molecule has 1 heterocycles. The molecule has 0 atom stereocenters. The lowest BCUT2D eigenvalue weighted by Crippen LogP contribution is -2.16. The van der Waals surface area contributed by atoms with Crippen LogP contribution < -0.4 is 14.7 Å². The van der Waals surface area contributed by atoms with E-state index in [4.69, 9.17) is 4.42 Å². The lowest BCUT2D eigenvalue weighted by Gasteiger charge is -2.33. The van der Waals surface area contributed by atoms with Gasteiger partial charge in [-0.3, -0.25) is 0 Å². The third-order valence-corrected chi connectivity index (χ3v) is 11.3. The van der Waals surface area contributed by atoms with Crippen molar-refractivity contribution in [3.05, 3.63) is 237 Å². The van der Waals surface area contributed by atoms with Gasteiger partial charge in [-0.2, -0.15) is 0 Å². The number of fused-ring (bicyclic) bond motifs is 8. The molecule has 0 amide bonds. The summed E-state index contributed by atoms with van der Waals surface area (Å²) in [6, 6.07) is 84.0. The zero-order chi connectivity index (χ0) is 39.8. The molecule has 0 saturated heterocycles. The van der Waals surface area contributed by atoms with E-state index < -0.39 is 0 Å². The highest BCUT2D eigenvalue weighted by Gasteiger charge is 2.23. The highest BCUT2D eigenvalue weighted by Crippen LogP contribution is 2.48. The largest absolute Gasteiger partial charge is 0.455 e. The molecule has 4 heteroatoms. The van der Waals surface area contributed by atoms with Crippen LogP contribution in [-0.2, 0) is 0 Å². The molecule has 0 unspecified atom stereocenters. The van der Waals surface area contributed by atoms with Gasteiger partial charge in [-0.15, -0.1) is 0 Å². The Morgan fingerprint density at radius 3 is 1.03 bits per heavy atom. The Balaban J connectivity index is 1.22. The fraction of sp³-hybridized carbons (Fsp3) is 0. The molecule has 0 aliphatic rings. The number of anilines is 9. The number of para-hydroxylation sites is 6. The second-order valence-corrected chi connectivity index (χ2v) is 15.0. The summed E-state index contributed by atoms with van der Waals surface area (Å²) in [5.74, 6) is 0. The second-order valence-electron chi connectivity index (χ2n) is 15.0. The van der Waals surface area contributed by atoms with Crippen LogP contribution >= 0.6 is 0 Å². The molecule has 11 rings (SSSR count). The van der Waals surface area contributed by atoms with E-state index in [1.54, 1.807) is 0 Å². The van der Waals surface area contributed by atoms with E-state index in [-0.39, 0.29) is 0 Å². The van der Waals surface area contributed by atoms with Crippen LogP contribution in [-0.4, -0.2) is 0 Å². The van der Waals surface area contributed by atoms with Crippen molar-refractivity contribution >= 4 is 94.7 Å². The molecule has 0 saturated carbocycles. The SMILES string of the molecule is c1ccc(N(c2ccccc2)c2cc(N(c3ccccc3)c3ccccc3)cc(N(c3ccccc3)c3ccc4c5ccccc5c5oc6ccccc6c5c4c3)c2)cc1. The van der Waals surface area contributed by atoms with Crippen LogP contribution in [0.1, 0.15) is 0 Å². The predicted molar refractivity (Wildman–Crippen MR) is 253 cm³/mol. The third kappa shape index (κ3) is 6.19. The molecule has 10 aromatic carbocycles. The van der Waals surface area contributed by atoms with Crippen LogP contribution in [0.2, 0.25) is 0 Å². The van der Waals surface area contributed by atoms with Crippen LogP contribution in [0.5, 0.6) is 0 Å². The average molecular weight is 770 g/mol. The summed E-state index contributed by atoms with van der Waals surface area (Å²) in [6.45, 7) is 0. The Kier molecular flexibility index (Phi) is 8.79. The fourth-order valence-corrected chi connectivity index (χ4v) is 8.73. The van der Waals surface area contributed by atoms with Crippen molar-refractivity contribution in [1.29, 1.82) is 0 Å². The average Bonchev–Trinajstić information content (AvgIpc) is 3.72. The molecule has 0 aliphatic carbocycles. The predicted octanol–water partition coefficient (Wildman–Crippen LogP) is 16.3. The van der Waals surface area contributed by atoms with E-state index in [2.05, 4.69) is 245 Å². The Hall–Kier alpha value is -8.08. The first-order chi connectivity index (χ1) is 29.8. The lowest BCUT2D eigenvalue weighted by atomic mass is 9.96. The van der Waals surface area contributed by atoms with Crippen molar-refractivity contribution in [1.82, 2.24) is 0 Å². The van der Waals surface area contributed by atoms with E-state index in [0.717, 1.165) is 83.9 Å². The van der Waals surface area contributed by atoms with Gasteiger partial charge in [0.15, 0.2) is 0 Å². The third-order valence-electron chi connectivity index (χ3n) is 11.3. The maximum atomic E-state index is 6.67. The lowest BCUT2D eigenvalue weighted by molar-refractivity contribution is 0.673. The Labute approximate surface area is 349 Å². The molecule has 0 bridgehead atoms. The molecular formula is C56H39N3O. The van der Waals surface area contributed by atoms with Gasteiger partial charge in [0.05, 0.1) is 17.1 Å². The number of benzene rings is 10.